The Morgan fingerprint density at radius 1 is 0.448 bits per heavy atom. The standard InChI is InChI=1S/C34H28N6O14S4/c1-15-7-17(3-5-25(15)37-39-27-13-29(57(49,50)51)21-9-19(55(43,44)45)11-23(35)31(21)33(27)41)18-4-6-26(16(2)8-18)38-40-28-14-30(58(52,53)54)22-10-20(56(46,47)48)12-24(36)32(22)34(28)42/h3-14,41-42H,35-36H2,1-2H3,(H,43,44,45)(H,46,47,48)(H,49,50,51)(H,52,53,54). The Bertz CT molecular complexity index is 3080. The van der Waals surface area contributed by atoms with E-state index in [1.807, 2.05) is 0 Å². The van der Waals surface area contributed by atoms with Gasteiger partial charge in [0.1, 0.15) is 21.2 Å². The first-order valence-electron chi connectivity index (χ1n) is 15.9. The third-order valence-electron chi connectivity index (χ3n) is 8.72. The van der Waals surface area contributed by atoms with E-state index in [9.17, 15) is 62.1 Å². The molecule has 0 bridgehead atoms. The Labute approximate surface area is 328 Å². The number of nitrogens with zero attached hydrogens (tertiary/aromatic N) is 4. The molecular weight excluding hydrogens is 845 g/mol. The molecule has 0 aromatic heterocycles. The summed E-state index contributed by atoms with van der Waals surface area (Å²) in [7, 11) is -19.8. The third-order valence-corrected chi connectivity index (χ3v) is 12.2. The smallest absolute Gasteiger partial charge is 0.295 e. The summed E-state index contributed by atoms with van der Waals surface area (Å²) in [6.07, 6.45) is 0. The monoisotopic (exact) mass is 872 g/mol. The molecule has 0 aliphatic heterocycles. The number of anilines is 2. The minimum atomic E-state index is -5.05. The van der Waals surface area contributed by atoms with E-state index in [1.54, 1.807) is 50.2 Å². The number of phenolic OH excluding ortho intramolecular Hbond substituents is 2. The maximum atomic E-state index is 12.3. The van der Waals surface area contributed by atoms with Crippen LogP contribution in [0.4, 0.5) is 34.1 Å². The summed E-state index contributed by atoms with van der Waals surface area (Å²) in [4.78, 5) is -3.30. The largest absolute Gasteiger partial charge is 0.505 e. The van der Waals surface area contributed by atoms with Crippen molar-refractivity contribution in [3.05, 3.63) is 83.9 Å². The van der Waals surface area contributed by atoms with Gasteiger partial charge in [0.15, 0.2) is 11.5 Å². The quantitative estimate of drug-likeness (QED) is 0.0427. The molecule has 0 aliphatic carbocycles. The molecule has 0 saturated carbocycles. The fourth-order valence-corrected chi connectivity index (χ4v) is 8.46. The summed E-state index contributed by atoms with van der Waals surface area (Å²) in [6.45, 7) is 3.36. The molecule has 0 aliphatic rings. The van der Waals surface area contributed by atoms with Gasteiger partial charge < -0.3 is 21.7 Å². The number of aryl methyl sites for hydroxylation is 2. The molecule has 6 aromatic rings. The summed E-state index contributed by atoms with van der Waals surface area (Å²) in [5, 5.41) is 36.2. The van der Waals surface area contributed by atoms with Gasteiger partial charge in [0.25, 0.3) is 40.5 Å². The number of benzene rings is 6. The third kappa shape index (κ3) is 8.02. The molecule has 6 aromatic carbocycles. The van der Waals surface area contributed by atoms with Crippen molar-refractivity contribution < 1.29 is 62.1 Å². The topological polar surface area (TPSA) is 359 Å². The van der Waals surface area contributed by atoms with Crippen LogP contribution in [0, 0.1) is 13.8 Å². The van der Waals surface area contributed by atoms with E-state index in [1.165, 1.54) is 0 Å². The zero-order valence-corrected chi connectivity index (χ0v) is 32.7. The van der Waals surface area contributed by atoms with Crippen LogP contribution in [0.5, 0.6) is 11.5 Å². The SMILES string of the molecule is Cc1cc(-c2ccc(N=Nc3cc(S(=O)(=O)O)c4cc(S(=O)(=O)O)cc(N)c4c3O)c(C)c2)ccc1N=Nc1cc(S(=O)(=O)O)c2cc(S(=O)(=O)O)cc(N)c2c1O. The molecule has 0 atom stereocenters. The van der Waals surface area contributed by atoms with Crippen molar-refractivity contribution in [3.8, 4) is 22.6 Å². The van der Waals surface area contributed by atoms with Crippen LogP contribution in [0.2, 0.25) is 0 Å². The summed E-state index contributed by atoms with van der Waals surface area (Å²) in [5.41, 5.74) is 13.0. The first kappa shape index (κ1) is 41.5. The van der Waals surface area contributed by atoms with Crippen molar-refractivity contribution in [1.82, 2.24) is 0 Å². The van der Waals surface area contributed by atoms with E-state index in [-0.39, 0.29) is 22.1 Å². The Balaban J connectivity index is 1.32. The van der Waals surface area contributed by atoms with Gasteiger partial charge in [-0.05, 0) is 96.8 Å². The average Bonchev–Trinajstić information content (AvgIpc) is 3.09. The Kier molecular flexibility index (Phi) is 10.3. The van der Waals surface area contributed by atoms with Gasteiger partial charge in [0, 0.05) is 22.1 Å². The lowest BCUT2D eigenvalue weighted by Gasteiger charge is -2.12. The van der Waals surface area contributed by atoms with Crippen LogP contribution in [0.25, 0.3) is 32.7 Å². The summed E-state index contributed by atoms with van der Waals surface area (Å²) < 4.78 is 134. The number of azo groups is 2. The van der Waals surface area contributed by atoms with Gasteiger partial charge >= 0.3 is 0 Å². The van der Waals surface area contributed by atoms with Crippen LogP contribution in [0.1, 0.15) is 11.1 Å². The van der Waals surface area contributed by atoms with Gasteiger partial charge in [-0.2, -0.15) is 43.9 Å². The molecule has 0 amide bonds. The minimum Gasteiger partial charge on any atom is -0.505 e. The zero-order chi connectivity index (χ0) is 42.9. The lowest BCUT2D eigenvalue weighted by atomic mass is 10.0. The van der Waals surface area contributed by atoms with Crippen molar-refractivity contribution in [3.63, 3.8) is 0 Å². The number of nitrogen functional groups attached to an aromatic ring is 2. The van der Waals surface area contributed by atoms with Gasteiger partial charge in [-0.25, -0.2) is 0 Å². The number of hydrogen-bond donors (Lipinski definition) is 8. The number of hydrogen-bond acceptors (Lipinski definition) is 16. The minimum absolute atomic E-state index is 0.266. The molecule has 20 nitrogen and oxygen atoms in total. The van der Waals surface area contributed by atoms with E-state index in [0.29, 0.717) is 34.4 Å². The highest BCUT2D eigenvalue weighted by atomic mass is 32.2. The second-order valence-electron chi connectivity index (χ2n) is 12.7. The number of fused-ring (bicyclic) bond motifs is 2. The van der Waals surface area contributed by atoms with E-state index < -0.39 is 105 Å². The van der Waals surface area contributed by atoms with Crippen molar-refractivity contribution in [2.75, 3.05) is 11.5 Å². The van der Waals surface area contributed by atoms with Crippen molar-refractivity contribution in [2.45, 2.75) is 33.4 Å². The maximum Gasteiger partial charge on any atom is 0.295 e. The predicted molar refractivity (Wildman–Crippen MR) is 209 cm³/mol. The van der Waals surface area contributed by atoms with Gasteiger partial charge in [-0.3, -0.25) is 18.2 Å². The van der Waals surface area contributed by atoms with E-state index in [4.69, 9.17) is 11.5 Å². The molecule has 10 N–H and O–H groups in total. The fourth-order valence-electron chi connectivity index (χ4n) is 5.98. The predicted octanol–water partition coefficient (Wildman–Crippen LogP) is 6.67. The van der Waals surface area contributed by atoms with Crippen LogP contribution < -0.4 is 11.5 Å². The Morgan fingerprint density at radius 2 is 0.776 bits per heavy atom. The molecule has 0 heterocycles. The molecule has 302 valence electrons. The summed E-state index contributed by atoms with van der Waals surface area (Å²) in [5.74, 6) is -1.39. The van der Waals surface area contributed by atoms with Crippen molar-refractivity contribution in [2.24, 2.45) is 20.5 Å². The van der Waals surface area contributed by atoms with Crippen molar-refractivity contribution >= 4 is 96.1 Å². The zero-order valence-electron chi connectivity index (χ0n) is 29.5. The highest BCUT2D eigenvalue weighted by Crippen LogP contribution is 2.45. The number of nitrogens with two attached hydrogens (primary N) is 2. The normalized spacial score (nSPS) is 13.0. The highest BCUT2D eigenvalue weighted by molar-refractivity contribution is 7.87. The van der Waals surface area contributed by atoms with Gasteiger partial charge in [0.05, 0.1) is 31.9 Å². The molecule has 0 radical (unpaired) electrons. The fraction of sp³-hybridized carbons (Fsp3) is 0.0588. The molecule has 0 saturated heterocycles. The lowest BCUT2D eigenvalue weighted by Crippen LogP contribution is -2.04. The van der Waals surface area contributed by atoms with E-state index in [0.717, 1.165) is 24.3 Å². The van der Waals surface area contributed by atoms with Crippen molar-refractivity contribution in [1.29, 1.82) is 0 Å². The molecule has 0 spiro atoms. The van der Waals surface area contributed by atoms with Crippen LogP contribution >= 0.6 is 0 Å². The van der Waals surface area contributed by atoms with Crippen LogP contribution in [-0.4, -0.2) is 62.1 Å². The summed E-state index contributed by atoms with van der Waals surface area (Å²) >= 11 is 0. The Morgan fingerprint density at radius 3 is 1.07 bits per heavy atom. The number of aromatic hydroxyl groups is 2. The second kappa shape index (κ2) is 14.4. The lowest BCUT2D eigenvalue weighted by molar-refractivity contribution is 0.477. The highest BCUT2D eigenvalue weighted by Gasteiger charge is 2.26. The average molecular weight is 873 g/mol. The van der Waals surface area contributed by atoms with Gasteiger partial charge in [-0.15, -0.1) is 10.2 Å². The number of phenols is 2. The molecule has 58 heavy (non-hydrogen) atoms. The molecule has 0 unspecified atom stereocenters. The van der Waals surface area contributed by atoms with Crippen LogP contribution in [0.3, 0.4) is 0 Å². The molecule has 0 fully saturated rings. The molecule has 6 rings (SSSR count). The van der Waals surface area contributed by atoms with Crippen LogP contribution in [-0.2, 0) is 40.5 Å². The summed E-state index contributed by atoms with van der Waals surface area (Å²) in [6, 6.07) is 14.4. The van der Waals surface area contributed by atoms with Gasteiger partial charge in [-0.1, -0.05) is 12.1 Å². The van der Waals surface area contributed by atoms with E-state index >= 15 is 0 Å². The second-order valence-corrected chi connectivity index (χ2v) is 18.3. The van der Waals surface area contributed by atoms with Crippen LogP contribution in [0.15, 0.2) is 113 Å². The number of rotatable bonds is 9. The first-order chi connectivity index (χ1) is 26.8. The molecule has 24 heteroatoms. The first-order valence-corrected chi connectivity index (χ1v) is 21.6. The molecular formula is C34H28N6O14S4. The Hall–Kier alpha value is -6.12. The van der Waals surface area contributed by atoms with E-state index in [2.05, 4.69) is 20.5 Å². The van der Waals surface area contributed by atoms with Gasteiger partial charge in [0.2, 0.25) is 0 Å². The maximum absolute atomic E-state index is 12.3.